The fraction of sp³-hybridized carbons (Fsp3) is 0.588. The maximum Gasteiger partial charge on any atom is 0.241 e. The number of benzene rings is 1. The molecule has 21 heavy (non-hydrogen) atoms. The van der Waals surface area contributed by atoms with Crippen molar-refractivity contribution in [2.45, 2.75) is 50.7 Å². The summed E-state index contributed by atoms with van der Waals surface area (Å²) in [6, 6.07) is 8.84. The van der Waals surface area contributed by atoms with Crippen molar-refractivity contribution in [3.05, 3.63) is 35.9 Å². The van der Waals surface area contributed by atoms with Gasteiger partial charge in [-0.2, -0.15) is 0 Å². The molecule has 0 heterocycles. The molecular weight excluding hydrogens is 264 g/mol. The number of amides is 1. The van der Waals surface area contributed by atoms with Gasteiger partial charge in [0.05, 0.1) is 6.10 Å². The second-order valence-electron chi connectivity index (χ2n) is 5.66. The molecule has 1 atom stereocenters. The zero-order chi connectivity index (χ0) is 14.9. The van der Waals surface area contributed by atoms with Crippen molar-refractivity contribution < 1.29 is 9.53 Å². The number of nitrogens with one attached hydrogen (secondary N) is 1. The van der Waals surface area contributed by atoms with Crippen LogP contribution in [0.15, 0.2) is 30.3 Å². The largest absolute Gasteiger partial charge is 0.378 e. The van der Waals surface area contributed by atoms with E-state index in [1.54, 1.807) is 0 Å². The summed E-state index contributed by atoms with van der Waals surface area (Å²) in [6.45, 7) is 1.33. The monoisotopic (exact) mass is 290 g/mol. The summed E-state index contributed by atoms with van der Waals surface area (Å²) >= 11 is 0. The molecular formula is C17H26N2O2. The van der Waals surface area contributed by atoms with Crippen LogP contribution < -0.4 is 11.1 Å². The van der Waals surface area contributed by atoms with Crippen LogP contribution in [0.25, 0.3) is 0 Å². The smallest absolute Gasteiger partial charge is 0.241 e. The molecule has 4 nitrogen and oxygen atoms in total. The lowest BCUT2D eigenvalue weighted by atomic mass is 9.98. The highest BCUT2D eigenvalue weighted by Gasteiger charge is 2.15. The molecule has 0 bridgehead atoms. The highest BCUT2D eigenvalue weighted by Crippen LogP contribution is 2.20. The van der Waals surface area contributed by atoms with Gasteiger partial charge in [0.1, 0.15) is 6.04 Å². The molecule has 3 N–H and O–H groups in total. The molecule has 1 amide bonds. The van der Waals surface area contributed by atoms with E-state index in [2.05, 4.69) is 5.32 Å². The number of ether oxygens (including phenoxy) is 1. The Morgan fingerprint density at radius 3 is 2.67 bits per heavy atom. The van der Waals surface area contributed by atoms with Gasteiger partial charge in [0.25, 0.3) is 0 Å². The molecule has 4 heteroatoms. The molecule has 0 aromatic heterocycles. The van der Waals surface area contributed by atoms with Crippen molar-refractivity contribution >= 4 is 5.91 Å². The number of hydrogen-bond donors (Lipinski definition) is 2. The first-order valence-electron chi connectivity index (χ1n) is 7.97. The average molecular weight is 290 g/mol. The molecule has 0 spiro atoms. The van der Waals surface area contributed by atoms with Crippen molar-refractivity contribution in [1.29, 1.82) is 0 Å². The van der Waals surface area contributed by atoms with Crippen molar-refractivity contribution in [1.82, 2.24) is 5.32 Å². The topological polar surface area (TPSA) is 64.4 Å². The second-order valence-corrected chi connectivity index (χ2v) is 5.66. The maximum atomic E-state index is 11.9. The van der Waals surface area contributed by atoms with Crippen LogP contribution in [-0.2, 0) is 9.53 Å². The van der Waals surface area contributed by atoms with E-state index in [1.807, 2.05) is 30.3 Å². The van der Waals surface area contributed by atoms with Crippen molar-refractivity contribution in [3.8, 4) is 0 Å². The van der Waals surface area contributed by atoms with Crippen LogP contribution in [0.3, 0.4) is 0 Å². The Morgan fingerprint density at radius 1 is 1.24 bits per heavy atom. The SMILES string of the molecule is N[C@H](C(=O)NCCCOC1CCCCC1)c1ccccc1. The summed E-state index contributed by atoms with van der Waals surface area (Å²) in [5, 5.41) is 2.87. The first-order chi connectivity index (χ1) is 10.3. The minimum absolute atomic E-state index is 0.126. The van der Waals surface area contributed by atoms with E-state index in [1.165, 1.54) is 32.1 Å². The number of hydrogen-bond acceptors (Lipinski definition) is 3. The quantitative estimate of drug-likeness (QED) is 0.759. The third kappa shape index (κ3) is 5.48. The molecule has 1 aromatic carbocycles. The van der Waals surface area contributed by atoms with Gasteiger partial charge in [-0.15, -0.1) is 0 Å². The van der Waals surface area contributed by atoms with Crippen LogP contribution >= 0.6 is 0 Å². The second kappa shape index (κ2) is 8.80. The van der Waals surface area contributed by atoms with Crippen molar-refractivity contribution in [2.24, 2.45) is 5.73 Å². The van der Waals surface area contributed by atoms with Crippen LogP contribution in [0.2, 0.25) is 0 Å². The highest BCUT2D eigenvalue weighted by atomic mass is 16.5. The predicted molar refractivity (Wildman–Crippen MR) is 83.8 cm³/mol. The summed E-state index contributed by atoms with van der Waals surface area (Å²) in [5.41, 5.74) is 6.77. The Morgan fingerprint density at radius 2 is 1.95 bits per heavy atom. The lowest BCUT2D eigenvalue weighted by Gasteiger charge is -2.22. The number of carbonyl (C=O) groups is 1. The van der Waals surface area contributed by atoms with E-state index in [0.29, 0.717) is 19.3 Å². The third-order valence-corrected chi connectivity index (χ3v) is 3.97. The molecule has 1 aliphatic carbocycles. The van der Waals surface area contributed by atoms with E-state index < -0.39 is 6.04 Å². The summed E-state index contributed by atoms with van der Waals surface area (Å²) in [7, 11) is 0. The van der Waals surface area contributed by atoms with E-state index in [4.69, 9.17) is 10.5 Å². The Balaban J connectivity index is 1.58. The van der Waals surface area contributed by atoms with Crippen LogP contribution in [-0.4, -0.2) is 25.2 Å². The van der Waals surface area contributed by atoms with Gasteiger partial charge in [0.2, 0.25) is 5.91 Å². The zero-order valence-corrected chi connectivity index (χ0v) is 12.6. The van der Waals surface area contributed by atoms with Crippen LogP contribution in [0, 0.1) is 0 Å². The van der Waals surface area contributed by atoms with Crippen LogP contribution in [0.5, 0.6) is 0 Å². The van der Waals surface area contributed by atoms with E-state index in [0.717, 1.165) is 12.0 Å². The summed E-state index contributed by atoms with van der Waals surface area (Å²) < 4.78 is 5.83. The highest BCUT2D eigenvalue weighted by molar-refractivity contribution is 5.82. The minimum atomic E-state index is -0.592. The molecule has 0 radical (unpaired) electrons. The summed E-state index contributed by atoms with van der Waals surface area (Å²) in [4.78, 5) is 11.9. The molecule has 1 fully saturated rings. The predicted octanol–water partition coefficient (Wildman–Crippen LogP) is 2.54. The Kier molecular flexibility index (Phi) is 6.70. The fourth-order valence-electron chi connectivity index (χ4n) is 2.69. The number of nitrogens with two attached hydrogens (primary N) is 1. The minimum Gasteiger partial charge on any atom is -0.378 e. The van der Waals surface area contributed by atoms with Gasteiger partial charge >= 0.3 is 0 Å². The lowest BCUT2D eigenvalue weighted by Crippen LogP contribution is -2.35. The Labute approximate surface area is 127 Å². The summed E-state index contributed by atoms with van der Waals surface area (Å²) in [6.07, 6.45) is 7.55. The molecule has 116 valence electrons. The normalized spacial score (nSPS) is 17.4. The van der Waals surface area contributed by atoms with E-state index in [-0.39, 0.29) is 5.91 Å². The van der Waals surface area contributed by atoms with Gasteiger partial charge in [0.15, 0.2) is 0 Å². The molecule has 2 rings (SSSR count). The molecule has 0 saturated heterocycles. The third-order valence-electron chi connectivity index (χ3n) is 3.97. The molecule has 1 saturated carbocycles. The zero-order valence-electron chi connectivity index (χ0n) is 12.6. The van der Waals surface area contributed by atoms with E-state index in [9.17, 15) is 4.79 Å². The standard InChI is InChI=1S/C17H26N2O2/c18-16(14-8-3-1-4-9-14)17(20)19-12-7-13-21-15-10-5-2-6-11-15/h1,3-4,8-9,15-16H,2,5-7,10-13,18H2,(H,19,20)/t16-/m0/s1. The lowest BCUT2D eigenvalue weighted by molar-refractivity contribution is -0.122. The van der Waals surface area contributed by atoms with Gasteiger partial charge in [-0.3, -0.25) is 4.79 Å². The molecule has 1 aromatic rings. The van der Waals surface area contributed by atoms with E-state index >= 15 is 0 Å². The van der Waals surface area contributed by atoms with Crippen LogP contribution in [0.1, 0.15) is 50.1 Å². The van der Waals surface area contributed by atoms with Crippen molar-refractivity contribution in [3.63, 3.8) is 0 Å². The van der Waals surface area contributed by atoms with Crippen LogP contribution in [0.4, 0.5) is 0 Å². The summed E-state index contributed by atoms with van der Waals surface area (Å²) in [5.74, 6) is -0.126. The molecule has 0 aliphatic heterocycles. The Bertz CT molecular complexity index is 416. The van der Waals surface area contributed by atoms with Gasteiger partial charge < -0.3 is 15.8 Å². The molecule has 1 aliphatic rings. The first-order valence-corrected chi connectivity index (χ1v) is 7.97. The van der Waals surface area contributed by atoms with Gasteiger partial charge in [-0.05, 0) is 24.8 Å². The maximum absolute atomic E-state index is 11.9. The molecule has 0 unspecified atom stereocenters. The average Bonchev–Trinajstić information content (AvgIpc) is 2.55. The fourth-order valence-corrected chi connectivity index (χ4v) is 2.69. The first kappa shape index (κ1) is 16.0. The van der Waals surface area contributed by atoms with Crippen molar-refractivity contribution in [2.75, 3.05) is 13.2 Å². The number of carbonyl (C=O) groups excluding carboxylic acids is 1. The Hall–Kier alpha value is -1.39. The van der Waals surface area contributed by atoms with Gasteiger partial charge in [-0.25, -0.2) is 0 Å². The van der Waals surface area contributed by atoms with Gasteiger partial charge in [-0.1, -0.05) is 49.6 Å². The van der Waals surface area contributed by atoms with Gasteiger partial charge in [0, 0.05) is 13.2 Å². The number of rotatable bonds is 7.